The van der Waals surface area contributed by atoms with Gasteiger partial charge >= 0.3 is 0 Å². The molecule has 2 aromatic heterocycles. The summed E-state index contributed by atoms with van der Waals surface area (Å²) >= 11 is 7.19. The molecule has 138 valence electrons. The Bertz CT molecular complexity index is 992. The number of likely N-dealkylation sites (N-methyl/N-ethyl adjacent to an activating group) is 1. The zero-order valence-electron chi connectivity index (χ0n) is 14.8. The first kappa shape index (κ1) is 17.9. The van der Waals surface area contributed by atoms with E-state index in [1.807, 2.05) is 30.5 Å². The lowest BCUT2D eigenvalue weighted by molar-refractivity contribution is 0.0986. The van der Waals surface area contributed by atoms with Gasteiger partial charge in [0, 0.05) is 32.0 Å². The lowest BCUT2D eigenvalue weighted by Gasteiger charge is -2.13. The van der Waals surface area contributed by atoms with Gasteiger partial charge in [0.15, 0.2) is 5.78 Å². The number of halogens is 1. The Labute approximate surface area is 166 Å². The van der Waals surface area contributed by atoms with Crippen molar-refractivity contribution in [2.24, 2.45) is 4.99 Å². The van der Waals surface area contributed by atoms with Crippen molar-refractivity contribution in [2.45, 2.75) is 12.8 Å². The fraction of sp³-hybridized carbons (Fsp3) is 0.263. The second kappa shape index (κ2) is 7.62. The van der Waals surface area contributed by atoms with Crippen LogP contribution in [0.2, 0.25) is 4.34 Å². The summed E-state index contributed by atoms with van der Waals surface area (Å²) in [6.07, 6.45) is 2.80. The van der Waals surface area contributed by atoms with Gasteiger partial charge in [-0.2, -0.15) is 0 Å². The van der Waals surface area contributed by atoms with Crippen LogP contribution in [0.3, 0.4) is 0 Å². The maximum atomic E-state index is 12.2. The number of benzene rings is 1. The Balaban J connectivity index is 1.41. The molecule has 1 aliphatic rings. The Kier molecular flexibility index (Phi) is 5.05. The molecule has 3 aromatic rings. The van der Waals surface area contributed by atoms with Crippen LogP contribution in [0.4, 0.5) is 0 Å². The van der Waals surface area contributed by atoms with Crippen LogP contribution < -0.4 is 0 Å². The highest BCUT2D eigenvalue weighted by atomic mass is 35.5. The molecular formula is C19H18ClN5OS. The van der Waals surface area contributed by atoms with Crippen molar-refractivity contribution in [3.05, 3.63) is 63.1 Å². The molecule has 0 radical (unpaired) electrons. The summed E-state index contributed by atoms with van der Waals surface area (Å²) in [5.41, 5.74) is 2.81. The fourth-order valence-corrected chi connectivity index (χ4v) is 3.99. The van der Waals surface area contributed by atoms with Crippen LogP contribution in [0.5, 0.6) is 0 Å². The number of ketones is 1. The molecule has 3 heterocycles. The second-order valence-corrected chi connectivity index (χ2v) is 8.07. The Hall–Kier alpha value is -2.51. The Morgan fingerprint density at radius 1 is 1.22 bits per heavy atom. The van der Waals surface area contributed by atoms with Crippen LogP contribution in [-0.2, 0) is 6.42 Å². The smallest absolute Gasteiger partial charge is 0.173 e. The van der Waals surface area contributed by atoms with Gasteiger partial charge in [-0.25, -0.2) is 4.68 Å². The van der Waals surface area contributed by atoms with Crippen molar-refractivity contribution in [1.29, 1.82) is 0 Å². The van der Waals surface area contributed by atoms with Crippen molar-refractivity contribution < 1.29 is 4.79 Å². The zero-order chi connectivity index (χ0) is 18.8. The number of carbonyl (C=O) groups excluding carboxylic acids is 1. The van der Waals surface area contributed by atoms with Gasteiger partial charge in [0.05, 0.1) is 33.3 Å². The summed E-state index contributed by atoms with van der Waals surface area (Å²) in [6.45, 7) is 1.80. The van der Waals surface area contributed by atoms with Crippen molar-refractivity contribution in [3.63, 3.8) is 0 Å². The van der Waals surface area contributed by atoms with E-state index in [0.29, 0.717) is 22.1 Å². The highest BCUT2D eigenvalue weighted by molar-refractivity contribution is 7.18. The molecule has 0 atom stereocenters. The molecule has 0 bridgehead atoms. The molecule has 27 heavy (non-hydrogen) atoms. The molecule has 0 aliphatic carbocycles. The summed E-state index contributed by atoms with van der Waals surface area (Å²) in [6, 6.07) is 11.6. The third kappa shape index (κ3) is 3.94. The van der Waals surface area contributed by atoms with E-state index in [2.05, 4.69) is 27.3 Å². The number of amidine groups is 1. The highest BCUT2D eigenvalue weighted by Crippen LogP contribution is 2.23. The lowest BCUT2D eigenvalue weighted by atomic mass is 10.1. The first-order chi connectivity index (χ1) is 13.1. The van der Waals surface area contributed by atoms with Crippen LogP contribution in [0, 0.1) is 0 Å². The number of rotatable bonds is 6. The van der Waals surface area contributed by atoms with Crippen molar-refractivity contribution in [3.8, 4) is 5.69 Å². The van der Waals surface area contributed by atoms with E-state index in [-0.39, 0.29) is 5.78 Å². The van der Waals surface area contributed by atoms with Crippen molar-refractivity contribution >= 4 is 34.6 Å². The summed E-state index contributed by atoms with van der Waals surface area (Å²) in [5, 5.41) is 8.36. The van der Waals surface area contributed by atoms with Crippen LogP contribution in [0.15, 0.2) is 47.6 Å². The van der Waals surface area contributed by atoms with Crippen LogP contribution in [0.25, 0.3) is 5.69 Å². The van der Waals surface area contributed by atoms with E-state index in [1.54, 1.807) is 16.8 Å². The predicted octanol–water partition coefficient (Wildman–Crippen LogP) is 3.49. The van der Waals surface area contributed by atoms with Crippen molar-refractivity contribution in [1.82, 2.24) is 19.9 Å². The fourth-order valence-electron chi connectivity index (χ4n) is 2.98. The summed E-state index contributed by atoms with van der Waals surface area (Å²) in [4.78, 5) is 19.5. The van der Waals surface area contributed by atoms with Gasteiger partial charge in [0.1, 0.15) is 5.84 Å². The maximum Gasteiger partial charge on any atom is 0.173 e. The maximum absolute atomic E-state index is 12.2. The van der Waals surface area contributed by atoms with Crippen LogP contribution >= 0.6 is 22.9 Å². The third-order valence-electron chi connectivity index (χ3n) is 4.45. The van der Waals surface area contributed by atoms with Crippen LogP contribution in [0.1, 0.15) is 27.3 Å². The van der Waals surface area contributed by atoms with Gasteiger partial charge in [-0.05, 0) is 36.4 Å². The first-order valence-electron chi connectivity index (χ1n) is 8.66. The average Bonchev–Trinajstić information content (AvgIpc) is 3.41. The van der Waals surface area contributed by atoms with Crippen LogP contribution in [-0.4, -0.2) is 51.6 Å². The Morgan fingerprint density at radius 2 is 2.04 bits per heavy atom. The molecule has 1 aliphatic heterocycles. The summed E-state index contributed by atoms with van der Waals surface area (Å²) in [7, 11) is 2.05. The third-order valence-corrected chi connectivity index (χ3v) is 5.72. The van der Waals surface area contributed by atoms with Crippen molar-refractivity contribution in [2.75, 3.05) is 20.1 Å². The van der Waals surface area contributed by atoms with E-state index < -0.39 is 0 Å². The molecule has 0 saturated heterocycles. The minimum Gasteiger partial charge on any atom is -0.358 e. The van der Waals surface area contributed by atoms with E-state index in [1.165, 1.54) is 11.3 Å². The molecule has 0 unspecified atom stereocenters. The largest absolute Gasteiger partial charge is 0.358 e. The molecule has 8 heteroatoms. The number of aliphatic imine (C=N–C) groups is 1. The molecular weight excluding hydrogens is 382 g/mol. The molecule has 1 aromatic carbocycles. The molecule has 0 saturated carbocycles. The summed E-state index contributed by atoms with van der Waals surface area (Å²) < 4.78 is 2.36. The van der Waals surface area contributed by atoms with Gasteiger partial charge in [-0.3, -0.25) is 9.79 Å². The quantitative estimate of drug-likeness (QED) is 0.595. The van der Waals surface area contributed by atoms with E-state index in [0.717, 1.165) is 35.9 Å². The number of aryl methyl sites for hydroxylation is 1. The molecule has 0 amide bonds. The van der Waals surface area contributed by atoms with Gasteiger partial charge in [0.2, 0.25) is 0 Å². The molecule has 0 spiro atoms. The molecule has 0 fully saturated rings. The van der Waals surface area contributed by atoms with Gasteiger partial charge < -0.3 is 4.90 Å². The number of hydrogen-bond acceptors (Lipinski definition) is 6. The highest BCUT2D eigenvalue weighted by Gasteiger charge is 2.15. The second-order valence-electron chi connectivity index (χ2n) is 6.36. The first-order valence-corrected chi connectivity index (χ1v) is 9.86. The number of Topliss-reactive ketones (excluding diaryl/α,β-unsaturated/α-hetero) is 1. The predicted molar refractivity (Wildman–Crippen MR) is 107 cm³/mol. The summed E-state index contributed by atoms with van der Waals surface area (Å²) in [5.74, 6) is 1.10. The van der Waals surface area contributed by atoms with E-state index in [4.69, 9.17) is 11.6 Å². The minimum atomic E-state index is 0.0762. The van der Waals surface area contributed by atoms with Gasteiger partial charge in [-0.15, -0.1) is 16.4 Å². The molecule has 4 rings (SSSR count). The number of hydrogen-bond donors (Lipinski definition) is 0. The number of carbonyl (C=O) groups is 1. The number of aromatic nitrogens is 3. The average molecular weight is 400 g/mol. The zero-order valence-corrected chi connectivity index (χ0v) is 16.4. The standard InChI is InChI=1S/C19H18ClN5OS/c1-24-11-10-21-19(24)13-2-5-15(6-3-13)25-12-14(22-23-25)4-7-16(26)17-8-9-18(20)27-17/h2-3,5-6,8-9,12H,4,7,10-11H2,1H3. The minimum absolute atomic E-state index is 0.0762. The normalized spacial score (nSPS) is 13.9. The SMILES string of the molecule is CN1CCN=C1c1ccc(-n2cc(CCC(=O)c3ccc(Cl)s3)nn2)cc1. The lowest BCUT2D eigenvalue weighted by Crippen LogP contribution is -2.23. The van der Waals surface area contributed by atoms with E-state index in [9.17, 15) is 4.79 Å². The Morgan fingerprint density at radius 3 is 2.70 bits per heavy atom. The topological polar surface area (TPSA) is 63.4 Å². The molecule has 6 nitrogen and oxygen atoms in total. The van der Waals surface area contributed by atoms with E-state index >= 15 is 0 Å². The number of nitrogens with zero attached hydrogens (tertiary/aromatic N) is 5. The molecule has 0 N–H and O–H groups in total. The number of thiophene rings is 1. The van der Waals surface area contributed by atoms with Gasteiger partial charge in [-0.1, -0.05) is 16.8 Å². The van der Waals surface area contributed by atoms with Gasteiger partial charge in [0.25, 0.3) is 0 Å². The monoisotopic (exact) mass is 399 g/mol.